The molecule has 1 aliphatic heterocycles. The van der Waals surface area contributed by atoms with Gasteiger partial charge in [0.15, 0.2) is 0 Å². The van der Waals surface area contributed by atoms with Crippen molar-refractivity contribution in [3.8, 4) is 16.8 Å². The average Bonchev–Trinajstić information content (AvgIpc) is 3.55. The van der Waals surface area contributed by atoms with Gasteiger partial charge in [0, 0.05) is 28.9 Å². The first-order chi connectivity index (χ1) is 20.4. The number of aromatic nitrogens is 6. The van der Waals surface area contributed by atoms with E-state index in [-0.39, 0.29) is 17.4 Å². The van der Waals surface area contributed by atoms with Crippen molar-refractivity contribution < 1.29 is 14.3 Å². The largest absolute Gasteiger partial charge is 0.453 e. The van der Waals surface area contributed by atoms with Crippen LogP contribution in [0.2, 0.25) is 5.02 Å². The maximum atomic E-state index is 13.3. The van der Waals surface area contributed by atoms with Crippen LogP contribution in [0.15, 0.2) is 65.7 Å². The van der Waals surface area contributed by atoms with Gasteiger partial charge >= 0.3 is 6.09 Å². The van der Waals surface area contributed by atoms with Gasteiger partial charge in [0.25, 0.3) is 5.56 Å². The highest BCUT2D eigenvalue weighted by Crippen LogP contribution is 2.28. The highest BCUT2D eigenvalue weighted by molar-refractivity contribution is 6.30. The minimum atomic E-state index is -0.595. The molecule has 2 aromatic carbocycles. The van der Waals surface area contributed by atoms with E-state index in [1.807, 2.05) is 0 Å². The molecule has 0 aliphatic carbocycles. The highest BCUT2D eigenvalue weighted by Gasteiger charge is 2.28. The second kappa shape index (κ2) is 13.2. The Kier molecular flexibility index (Phi) is 8.99. The number of hydrogen-bond donors (Lipinski definition) is 4. The van der Waals surface area contributed by atoms with Gasteiger partial charge in [0.1, 0.15) is 6.33 Å². The number of hydrogen-bond acceptors (Lipinski definition) is 9. The Balaban J connectivity index is 1.41. The van der Waals surface area contributed by atoms with E-state index in [2.05, 4.69) is 46.4 Å². The van der Waals surface area contributed by atoms with Crippen molar-refractivity contribution in [1.29, 1.82) is 0 Å². The number of ether oxygens (including phenoxy) is 1. The summed E-state index contributed by atoms with van der Waals surface area (Å²) in [5.41, 5.74) is 2.97. The Morgan fingerprint density at radius 2 is 2.02 bits per heavy atom. The van der Waals surface area contributed by atoms with Gasteiger partial charge in [0.05, 0.1) is 30.1 Å². The normalized spacial score (nSPS) is 15.7. The lowest BCUT2D eigenvalue weighted by molar-refractivity contribution is -0.117. The molecule has 1 saturated heterocycles. The Bertz CT molecular complexity index is 1630. The fourth-order valence-corrected chi connectivity index (χ4v) is 4.98. The zero-order valence-electron chi connectivity index (χ0n) is 22.6. The zero-order valence-corrected chi connectivity index (χ0v) is 23.3. The lowest BCUT2D eigenvalue weighted by Gasteiger charge is -2.30. The number of methoxy groups -OCH3 is 1. The van der Waals surface area contributed by atoms with Crippen LogP contribution in [-0.2, 0) is 9.53 Å². The molecule has 14 heteroatoms. The Morgan fingerprint density at radius 3 is 2.74 bits per heavy atom. The fourth-order valence-electron chi connectivity index (χ4n) is 4.80. The second-order valence-electron chi connectivity index (χ2n) is 9.61. The third kappa shape index (κ3) is 6.87. The smallest absolute Gasteiger partial charge is 0.411 e. The Labute approximate surface area is 245 Å². The van der Waals surface area contributed by atoms with Crippen LogP contribution in [0, 0.1) is 5.92 Å². The van der Waals surface area contributed by atoms with E-state index in [0.29, 0.717) is 45.3 Å². The van der Waals surface area contributed by atoms with Crippen LogP contribution in [0.5, 0.6) is 0 Å². The van der Waals surface area contributed by atoms with Crippen LogP contribution < -0.4 is 21.5 Å². The molecule has 2 unspecified atom stereocenters. The molecule has 4 N–H and O–H groups in total. The Morgan fingerprint density at radius 1 is 1.19 bits per heavy atom. The summed E-state index contributed by atoms with van der Waals surface area (Å²) in [5, 5.41) is 27.7. The number of rotatable bonds is 8. The van der Waals surface area contributed by atoms with Crippen molar-refractivity contribution in [2.45, 2.75) is 18.9 Å². The highest BCUT2D eigenvalue weighted by atomic mass is 35.5. The molecule has 2 amide bonds. The zero-order chi connectivity index (χ0) is 29.5. The average molecular weight is 590 g/mol. The molecule has 0 saturated carbocycles. The summed E-state index contributed by atoms with van der Waals surface area (Å²) >= 11 is 6.21. The van der Waals surface area contributed by atoms with Crippen LogP contribution >= 0.6 is 11.6 Å². The quantitative estimate of drug-likeness (QED) is 0.226. The molecular formula is C28H28ClN9O4. The number of aromatic amines is 1. The number of amides is 2. The van der Waals surface area contributed by atoms with Gasteiger partial charge in [-0.3, -0.25) is 14.9 Å². The van der Waals surface area contributed by atoms with Gasteiger partial charge in [-0.25, -0.2) is 9.89 Å². The second-order valence-corrected chi connectivity index (χ2v) is 10.0. The molecule has 4 aromatic rings. The first-order valence-electron chi connectivity index (χ1n) is 13.2. The van der Waals surface area contributed by atoms with Crippen molar-refractivity contribution in [3.05, 3.63) is 87.6 Å². The monoisotopic (exact) mass is 589 g/mol. The van der Waals surface area contributed by atoms with Crippen molar-refractivity contribution in [1.82, 2.24) is 41.0 Å². The minimum absolute atomic E-state index is 0.0388. The number of halogens is 1. The van der Waals surface area contributed by atoms with E-state index in [4.69, 9.17) is 11.6 Å². The molecule has 1 aliphatic rings. The topological polar surface area (TPSA) is 169 Å². The van der Waals surface area contributed by atoms with Crippen LogP contribution in [0.25, 0.3) is 22.9 Å². The predicted octanol–water partition coefficient (Wildman–Crippen LogP) is 3.11. The summed E-state index contributed by atoms with van der Waals surface area (Å²) in [5.74, 6) is -0.307. The van der Waals surface area contributed by atoms with Crippen molar-refractivity contribution >= 4 is 35.4 Å². The van der Waals surface area contributed by atoms with E-state index in [1.165, 1.54) is 24.2 Å². The van der Waals surface area contributed by atoms with Crippen LogP contribution in [0.1, 0.15) is 30.1 Å². The minimum Gasteiger partial charge on any atom is -0.453 e. The van der Waals surface area contributed by atoms with E-state index in [0.717, 1.165) is 19.4 Å². The molecule has 0 bridgehead atoms. The SMILES string of the molecule is COC(=O)Nc1ccc(-c2cc(C(NC(=O)/C=C/c3cc(Cl)ccc3-n3cnnn3)C3CCCNC3)n[nH]c2=O)cc1. The molecule has 2 aromatic heterocycles. The third-order valence-corrected chi connectivity index (χ3v) is 7.11. The molecule has 1 fully saturated rings. The summed E-state index contributed by atoms with van der Waals surface area (Å²) < 4.78 is 6.10. The molecular weight excluding hydrogens is 562 g/mol. The molecule has 3 heterocycles. The van der Waals surface area contributed by atoms with E-state index < -0.39 is 12.1 Å². The molecule has 5 rings (SSSR count). The van der Waals surface area contributed by atoms with Gasteiger partial charge in [-0.05, 0) is 83.8 Å². The van der Waals surface area contributed by atoms with Crippen molar-refractivity contribution in [3.63, 3.8) is 0 Å². The van der Waals surface area contributed by atoms with Crippen molar-refractivity contribution in [2.75, 3.05) is 25.5 Å². The van der Waals surface area contributed by atoms with Crippen LogP contribution in [0.3, 0.4) is 0 Å². The van der Waals surface area contributed by atoms with Crippen LogP contribution in [-0.4, -0.2) is 62.6 Å². The molecule has 13 nitrogen and oxygen atoms in total. The third-order valence-electron chi connectivity index (χ3n) is 6.87. The number of carbonyl (C=O) groups excluding carboxylic acids is 2. The first-order valence-corrected chi connectivity index (χ1v) is 13.6. The van der Waals surface area contributed by atoms with E-state index in [9.17, 15) is 14.4 Å². The van der Waals surface area contributed by atoms with Gasteiger partial charge in [-0.1, -0.05) is 23.7 Å². The molecule has 42 heavy (non-hydrogen) atoms. The van der Waals surface area contributed by atoms with Gasteiger partial charge in [-0.2, -0.15) is 9.78 Å². The van der Waals surface area contributed by atoms with Crippen LogP contribution in [0.4, 0.5) is 10.5 Å². The lowest BCUT2D eigenvalue weighted by atomic mass is 9.89. The molecule has 2 atom stereocenters. The number of H-pyrrole nitrogens is 1. The fraction of sp³-hybridized carbons (Fsp3) is 0.250. The van der Waals surface area contributed by atoms with E-state index >= 15 is 0 Å². The number of tetrazole rings is 1. The summed E-state index contributed by atoms with van der Waals surface area (Å²) in [6.45, 7) is 1.57. The number of piperidine rings is 1. The van der Waals surface area contributed by atoms with Gasteiger partial charge in [-0.15, -0.1) is 5.10 Å². The number of benzene rings is 2. The molecule has 216 valence electrons. The summed E-state index contributed by atoms with van der Waals surface area (Å²) in [6.07, 6.45) is 5.73. The van der Waals surface area contributed by atoms with Gasteiger partial charge < -0.3 is 15.4 Å². The number of carbonyl (C=O) groups is 2. The molecule has 0 radical (unpaired) electrons. The maximum Gasteiger partial charge on any atom is 0.411 e. The van der Waals surface area contributed by atoms with Gasteiger partial charge in [0.2, 0.25) is 5.91 Å². The standard InChI is InChI=1S/C28H28ClN9O4/c1-42-28(41)32-21-8-4-17(5-9-21)22-14-23(34-35-27(22)40)26(19-3-2-12-30-15-19)33-25(39)11-6-18-13-20(29)7-10-24(18)38-16-31-36-37-38/h4-11,13-14,16,19,26,30H,2-3,12,15H2,1H3,(H,32,41)(H,33,39)(H,35,40)/b11-6+. The number of nitrogens with one attached hydrogen (secondary N) is 4. The predicted molar refractivity (Wildman–Crippen MR) is 156 cm³/mol. The first kappa shape index (κ1) is 28.6. The van der Waals surface area contributed by atoms with Crippen molar-refractivity contribution in [2.24, 2.45) is 5.92 Å². The summed E-state index contributed by atoms with van der Waals surface area (Å²) in [4.78, 5) is 37.5. The number of nitrogens with zero attached hydrogens (tertiary/aromatic N) is 5. The van der Waals surface area contributed by atoms with E-state index in [1.54, 1.807) is 54.6 Å². The summed E-state index contributed by atoms with van der Waals surface area (Å²) in [6, 6.07) is 13.2. The Hall–Kier alpha value is -4.88. The lowest BCUT2D eigenvalue weighted by Crippen LogP contribution is -2.41. The molecule has 0 spiro atoms. The maximum absolute atomic E-state index is 13.3. The summed E-state index contributed by atoms with van der Waals surface area (Å²) in [7, 11) is 1.28. The number of anilines is 1.